The largest absolute Gasteiger partial charge is 0.497 e. The lowest BCUT2D eigenvalue weighted by Crippen LogP contribution is -2.56. The van der Waals surface area contributed by atoms with Crippen molar-refractivity contribution in [1.29, 1.82) is 0 Å². The van der Waals surface area contributed by atoms with Gasteiger partial charge in [0.15, 0.2) is 0 Å². The van der Waals surface area contributed by atoms with Crippen LogP contribution >= 0.6 is 11.6 Å². The number of likely N-dealkylation sites (tertiary alicyclic amines) is 1. The molecule has 120 valence electrons. The number of amides is 1. The summed E-state index contributed by atoms with van der Waals surface area (Å²) in [6.45, 7) is 1.11. The first-order chi connectivity index (χ1) is 11.2. The Kier molecular flexibility index (Phi) is 4.67. The molecular formula is C17H17ClN2O3. The number of ether oxygens (including phenoxy) is 2. The molecule has 1 aliphatic rings. The van der Waals surface area contributed by atoms with E-state index in [9.17, 15) is 4.79 Å². The minimum absolute atomic E-state index is 0.0535. The molecular weight excluding hydrogens is 316 g/mol. The van der Waals surface area contributed by atoms with Crippen LogP contribution in [0.25, 0.3) is 0 Å². The molecule has 0 N–H and O–H groups in total. The summed E-state index contributed by atoms with van der Waals surface area (Å²) in [5.41, 5.74) is 0.966. The van der Waals surface area contributed by atoms with E-state index in [1.54, 1.807) is 30.3 Å². The first-order valence-corrected chi connectivity index (χ1v) is 7.71. The molecule has 1 aliphatic heterocycles. The van der Waals surface area contributed by atoms with E-state index in [1.165, 1.54) is 0 Å². The molecule has 0 radical (unpaired) electrons. The van der Waals surface area contributed by atoms with E-state index in [-0.39, 0.29) is 12.0 Å². The van der Waals surface area contributed by atoms with E-state index < -0.39 is 0 Å². The predicted octanol–water partition coefficient (Wildman–Crippen LogP) is 2.58. The molecule has 6 heteroatoms. The van der Waals surface area contributed by atoms with Crippen LogP contribution in [0.1, 0.15) is 5.56 Å². The Bertz CT molecular complexity index is 684. The van der Waals surface area contributed by atoms with Crippen LogP contribution in [-0.2, 0) is 11.2 Å². The first kappa shape index (κ1) is 15.6. The second kappa shape index (κ2) is 6.87. The molecule has 1 fully saturated rings. The van der Waals surface area contributed by atoms with Gasteiger partial charge in [0, 0.05) is 6.20 Å². The zero-order valence-electron chi connectivity index (χ0n) is 12.7. The number of hydrogen-bond donors (Lipinski definition) is 0. The van der Waals surface area contributed by atoms with Crippen LogP contribution in [0.2, 0.25) is 5.02 Å². The molecule has 5 nitrogen and oxygen atoms in total. The highest BCUT2D eigenvalue weighted by atomic mass is 35.5. The number of methoxy groups -OCH3 is 1. The molecule has 1 aromatic heterocycles. The van der Waals surface area contributed by atoms with Crippen molar-refractivity contribution in [3.63, 3.8) is 0 Å². The third-order valence-electron chi connectivity index (χ3n) is 3.72. The number of hydrogen-bond acceptors (Lipinski definition) is 4. The number of halogens is 1. The van der Waals surface area contributed by atoms with Crippen molar-refractivity contribution in [2.24, 2.45) is 0 Å². The third-order valence-corrected chi connectivity index (χ3v) is 4.01. The van der Waals surface area contributed by atoms with Crippen LogP contribution in [0.5, 0.6) is 11.6 Å². The lowest BCUT2D eigenvalue weighted by atomic mass is 10.1. The van der Waals surface area contributed by atoms with Gasteiger partial charge in [-0.15, -0.1) is 0 Å². The Morgan fingerprint density at radius 1 is 1.30 bits per heavy atom. The summed E-state index contributed by atoms with van der Waals surface area (Å²) in [5.74, 6) is 1.29. The van der Waals surface area contributed by atoms with Crippen LogP contribution in [0, 0.1) is 0 Å². The number of rotatable bonds is 5. The maximum Gasteiger partial charge on any atom is 0.232 e. The zero-order valence-corrected chi connectivity index (χ0v) is 13.5. The van der Waals surface area contributed by atoms with E-state index in [4.69, 9.17) is 21.1 Å². The van der Waals surface area contributed by atoms with Crippen molar-refractivity contribution in [2.45, 2.75) is 12.5 Å². The fourth-order valence-corrected chi connectivity index (χ4v) is 2.53. The van der Waals surface area contributed by atoms with Gasteiger partial charge in [-0.2, -0.15) is 0 Å². The number of carbonyl (C=O) groups is 1. The van der Waals surface area contributed by atoms with E-state index in [2.05, 4.69) is 4.98 Å². The van der Waals surface area contributed by atoms with E-state index in [0.717, 1.165) is 11.3 Å². The molecule has 1 amide bonds. The molecule has 1 saturated heterocycles. The zero-order chi connectivity index (χ0) is 16.2. The van der Waals surface area contributed by atoms with Gasteiger partial charge in [-0.05, 0) is 29.8 Å². The molecule has 0 unspecified atom stereocenters. The summed E-state index contributed by atoms with van der Waals surface area (Å²) in [6.07, 6.45) is 1.95. The molecule has 1 aromatic carbocycles. The average Bonchev–Trinajstić information content (AvgIpc) is 2.52. The monoisotopic (exact) mass is 332 g/mol. The number of nitrogens with zero attached hydrogens (tertiary/aromatic N) is 2. The molecule has 0 spiro atoms. The summed E-state index contributed by atoms with van der Waals surface area (Å²) in [4.78, 5) is 18.1. The maximum absolute atomic E-state index is 12.2. The normalized spacial score (nSPS) is 14.3. The topological polar surface area (TPSA) is 51.7 Å². The predicted molar refractivity (Wildman–Crippen MR) is 86.9 cm³/mol. The second-order valence-electron chi connectivity index (χ2n) is 5.35. The number of carbonyl (C=O) groups excluding carboxylic acids is 1. The van der Waals surface area contributed by atoms with E-state index in [1.807, 2.05) is 24.3 Å². The minimum atomic E-state index is -0.0535. The van der Waals surface area contributed by atoms with Crippen molar-refractivity contribution in [3.05, 3.63) is 53.2 Å². The van der Waals surface area contributed by atoms with Crippen LogP contribution in [0.3, 0.4) is 0 Å². The standard InChI is InChI=1S/C17H17ClN2O3/c1-22-13-6-4-12(5-7-13)9-16(21)20-10-14(11-20)23-17-15(18)3-2-8-19-17/h2-8,14H,9-11H2,1H3. The van der Waals surface area contributed by atoms with Gasteiger partial charge in [0.2, 0.25) is 11.8 Å². The molecule has 0 bridgehead atoms. The number of aromatic nitrogens is 1. The maximum atomic E-state index is 12.2. The molecule has 0 atom stereocenters. The van der Waals surface area contributed by atoms with Crippen molar-refractivity contribution in [2.75, 3.05) is 20.2 Å². The third kappa shape index (κ3) is 3.74. The molecule has 3 rings (SSSR count). The fourth-order valence-electron chi connectivity index (χ4n) is 2.36. The highest BCUT2D eigenvalue weighted by Crippen LogP contribution is 2.24. The molecule has 2 aromatic rings. The highest BCUT2D eigenvalue weighted by Gasteiger charge is 2.32. The summed E-state index contributed by atoms with van der Waals surface area (Å²) < 4.78 is 10.8. The van der Waals surface area contributed by atoms with Gasteiger partial charge in [-0.3, -0.25) is 4.79 Å². The van der Waals surface area contributed by atoms with Crippen molar-refractivity contribution < 1.29 is 14.3 Å². The van der Waals surface area contributed by atoms with Crippen LogP contribution in [0.4, 0.5) is 0 Å². The van der Waals surface area contributed by atoms with Gasteiger partial charge < -0.3 is 14.4 Å². The SMILES string of the molecule is COc1ccc(CC(=O)N2CC(Oc3ncccc3Cl)C2)cc1. The minimum Gasteiger partial charge on any atom is -0.497 e. The fraction of sp³-hybridized carbons (Fsp3) is 0.294. The summed E-state index contributed by atoms with van der Waals surface area (Å²) in [7, 11) is 1.62. The van der Waals surface area contributed by atoms with Crippen LogP contribution in [0.15, 0.2) is 42.6 Å². The molecule has 0 saturated carbocycles. The number of benzene rings is 1. The van der Waals surface area contributed by atoms with Gasteiger partial charge in [0.1, 0.15) is 16.9 Å². The Morgan fingerprint density at radius 3 is 2.70 bits per heavy atom. The molecule has 0 aliphatic carbocycles. The van der Waals surface area contributed by atoms with Gasteiger partial charge in [0.25, 0.3) is 0 Å². The Hall–Kier alpha value is -2.27. The van der Waals surface area contributed by atoms with E-state index >= 15 is 0 Å². The Labute approximate surface area is 139 Å². The summed E-state index contributed by atoms with van der Waals surface area (Å²) in [5, 5.41) is 0.482. The Balaban J connectivity index is 1.48. The Morgan fingerprint density at radius 2 is 2.04 bits per heavy atom. The van der Waals surface area contributed by atoms with Gasteiger partial charge in [0.05, 0.1) is 26.6 Å². The summed E-state index contributed by atoms with van der Waals surface area (Å²) >= 11 is 6.00. The van der Waals surface area contributed by atoms with Gasteiger partial charge in [-0.1, -0.05) is 23.7 Å². The first-order valence-electron chi connectivity index (χ1n) is 7.33. The van der Waals surface area contributed by atoms with Crippen LogP contribution in [-0.4, -0.2) is 42.1 Å². The van der Waals surface area contributed by atoms with E-state index in [0.29, 0.717) is 30.4 Å². The van der Waals surface area contributed by atoms with Crippen molar-refractivity contribution in [1.82, 2.24) is 9.88 Å². The molecule has 23 heavy (non-hydrogen) atoms. The lowest BCUT2D eigenvalue weighted by Gasteiger charge is -2.38. The van der Waals surface area contributed by atoms with Crippen LogP contribution < -0.4 is 9.47 Å². The molecule has 2 heterocycles. The van der Waals surface area contributed by atoms with Gasteiger partial charge in [-0.25, -0.2) is 4.98 Å². The van der Waals surface area contributed by atoms with Crippen molar-refractivity contribution in [3.8, 4) is 11.6 Å². The summed E-state index contributed by atoms with van der Waals surface area (Å²) in [6, 6.07) is 11.0. The average molecular weight is 333 g/mol. The quantitative estimate of drug-likeness (QED) is 0.844. The smallest absolute Gasteiger partial charge is 0.232 e. The number of pyridine rings is 1. The van der Waals surface area contributed by atoms with Gasteiger partial charge >= 0.3 is 0 Å². The second-order valence-corrected chi connectivity index (χ2v) is 5.76. The van der Waals surface area contributed by atoms with Crippen molar-refractivity contribution >= 4 is 17.5 Å². The lowest BCUT2D eigenvalue weighted by molar-refractivity contribution is -0.139. The highest BCUT2D eigenvalue weighted by molar-refractivity contribution is 6.31.